The summed E-state index contributed by atoms with van der Waals surface area (Å²) in [4.78, 5) is 11.6. The molecule has 7 nitrogen and oxygen atoms in total. The molecule has 0 aliphatic carbocycles. The van der Waals surface area contributed by atoms with E-state index in [1.54, 1.807) is 6.92 Å². The van der Waals surface area contributed by atoms with E-state index in [9.17, 15) is 13.2 Å². The van der Waals surface area contributed by atoms with E-state index >= 15 is 0 Å². The van der Waals surface area contributed by atoms with Crippen LogP contribution in [0.2, 0.25) is 5.02 Å². The number of nitrogens with two attached hydrogens (primary N) is 1. The quantitative estimate of drug-likeness (QED) is 0.719. The Labute approximate surface area is 128 Å². The number of rotatable bonds is 7. The third kappa shape index (κ3) is 5.60. The van der Waals surface area contributed by atoms with Crippen molar-refractivity contribution >= 4 is 33.2 Å². The molecule has 21 heavy (non-hydrogen) atoms. The molecule has 0 aliphatic rings. The summed E-state index contributed by atoms with van der Waals surface area (Å²) in [5, 5.41) is 7.68. The van der Waals surface area contributed by atoms with E-state index in [0.29, 0.717) is 24.5 Å². The van der Waals surface area contributed by atoms with Gasteiger partial charge in [-0.3, -0.25) is 4.79 Å². The van der Waals surface area contributed by atoms with Crippen LogP contribution < -0.4 is 10.5 Å². The number of primary sulfonamides is 1. The number of amides is 1. The second-order valence-corrected chi connectivity index (χ2v) is 6.20. The topological polar surface area (TPSA) is 108 Å². The van der Waals surface area contributed by atoms with Crippen molar-refractivity contribution in [3.63, 3.8) is 0 Å². The zero-order chi connectivity index (χ0) is 16.0. The highest BCUT2D eigenvalue weighted by atomic mass is 35.5. The number of benzene rings is 1. The summed E-state index contributed by atoms with van der Waals surface area (Å²) in [5.74, 6) is -0.403. The summed E-state index contributed by atoms with van der Waals surface area (Å²) in [6.07, 6.45) is 0. The maximum absolute atomic E-state index is 11.7. The number of hydrogen-bond acceptors (Lipinski definition) is 5. The molecule has 0 aromatic heterocycles. The number of halogens is 1. The molecule has 0 saturated carbocycles. The van der Waals surface area contributed by atoms with Gasteiger partial charge < -0.3 is 14.8 Å². The molecular weight excluding hydrogens is 320 g/mol. The van der Waals surface area contributed by atoms with Gasteiger partial charge in [-0.2, -0.15) is 0 Å². The van der Waals surface area contributed by atoms with Gasteiger partial charge in [-0.25, -0.2) is 13.6 Å². The molecule has 1 amide bonds. The standard InChI is InChI=1S/C12H17ClN2O5S/c1-8-5-9(21(14,17)18)6-10(13)12(8)15-11(16)7-20-4-3-19-2/h5-6H,3-4,7H2,1-2H3,(H,15,16)(H2,14,17,18). The fourth-order valence-electron chi connectivity index (χ4n) is 1.52. The summed E-state index contributed by atoms with van der Waals surface area (Å²) >= 11 is 5.97. The Morgan fingerprint density at radius 1 is 1.38 bits per heavy atom. The second-order valence-electron chi connectivity index (χ2n) is 4.24. The molecule has 0 fully saturated rings. The van der Waals surface area contributed by atoms with Crippen molar-refractivity contribution in [3.05, 3.63) is 22.7 Å². The van der Waals surface area contributed by atoms with Crippen molar-refractivity contribution in [1.82, 2.24) is 0 Å². The maximum atomic E-state index is 11.7. The Morgan fingerprint density at radius 3 is 2.57 bits per heavy atom. The summed E-state index contributed by atoms with van der Waals surface area (Å²) in [7, 11) is -2.32. The minimum Gasteiger partial charge on any atom is -0.382 e. The molecule has 118 valence electrons. The van der Waals surface area contributed by atoms with Gasteiger partial charge in [-0.15, -0.1) is 0 Å². The number of carbonyl (C=O) groups is 1. The van der Waals surface area contributed by atoms with Gasteiger partial charge in [-0.1, -0.05) is 11.6 Å². The normalized spacial score (nSPS) is 11.4. The van der Waals surface area contributed by atoms with Gasteiger partial charge in [0.1, 0.15) is 6.61 Å². The van der Waals surface area contributed by atoms with Gasteiger partial charge >= 0.3 is 0 Å². The van der Waals surface area contributed by atoms with Crippen LogP contribution in [0.4, 0.5) is 5.69 Å². The van der Waals surface area contributed by atoms with Crippen LogP contribution >= 0.6 is 11.6 Å². The lowest BCUT2D eigenvalue weighted by Gasteiger charge is -2.12. The lowest BCUT2D eigenvalue weighted by Crippen LogP contribution is -2.20. The molecule has 0 aliphatic heterocycles. The lowest BCUT2D eigenvalue weighted by molar-refractivity contribution is -0.121. The lowest BCUT2D eigenvalue weighted by atomic mass is 10.2. The van der Waals surface area contributed by atoms with Crippen LogP contribution in [0, 0.1) is 6.92 Å². The van der Waals surface area contributed by atoms with E-state index in [4.69, 9.17) is 26.2 Å². The van der Waals surface area contributed by atoms with Crippen LogP contribution in [-0.4, -0.2) is 41.3 Å². The fraction of sp³-hybridized carbons (Fsp3) is 0.417. The van der Waals surface area contributed by atoms with Gasteiger partial charge in [0.25, 0.3) is 0 Å². The highest BCUT2D eigenvalue weighted by Gasteiger charge is 2.15. The van der Waals surface area contributed by atoms with Gasteiger partial charge in [0.05, 0.1) is 28.8 Å². The summed E-state index contributed by atoms with van der Waals surface area (Å²) in [5.41, 5.74) is 0.807. The molecule has 1 rings (SSSR count). The number of sulfonamides is 1. The Balaban J connectivity index is 2.78. The van der Waals surface area contributed by atoms with Crippen molar-refractivity contribution in [1.29, 1.82) is 0 Å². The molecule has 3 N–H and O–H groups in total. The number of anilines is 1. The van der Waals surface area contributed by atoms with E-state index in [-0.39, 0.29) is 16.5 Å². The van der Waals surface area contributed by atoms with Crippen molar-refractivity contribution in [2.45, 2.75) is 11.8 Å². The number of carbonyl (C=O) groups excluding carboxylic acids is 1. The number of hydrogen-bond donors (Lipinski definition) is 2. The summed E-state index contributed by atoms with van der Waals surface area (Å²) in [6.45, 7) is 2.13. The van der Waals surface area contributed by atoms with E-state index in [0.717, 1.165) is 0 Å². The molecule has 0 unspecified atom stereocenters. The first-order valence-electron chi connectivity index (χ1n) is 5.95. The van der Waals surface area contributed by atoms with Gasteiger partial charge in [-0.05, 0) is 24.6 Å². The predicted octanol–water partition coefficient (Wildman–Crippen LogP) is 0.897. The van der Waals surface area contributed by atoms with E-state index in [2.05, 4.69) is 5.32 Å². The molecule has 0 bridgehead atoms. The number of methoxy groups -OCH3 is 1. The van der Waals surface area contributed by atoms with Crippen molar-refractivity contribution in [2.75, 3.05) is 32.2 Å². The largest absolute Gasteiger partial charge is 0.382 e. The highest BCUT2D eigenvalue weighted by molar-refractivity contribution is 7.89. The molecule has 0 heterocycles. The van der Waals surface area contributed by atoms with E-state index in [1.807, 2.05) is 0 Å². The molecule has 9 heteroatoms. The smallest absolute Gasteiger partial charge is 0.250 e. The Kier molecular flexibility index (Phi) is 6.56. The van der Waals surface area contributed by atoms with Gasteiger partial charge in [0, 0.05) is 7.11 Å². The average Bonchev–Trinajstić information content (AvgIpc) is 2.37. The van der Waals surface area contributed by atoms with Gasteiger partial charge in [0.15, 0.2) is 0 Å². The molecule has 0 saturated heterocycles. The Hall–Kier alpha value is -1.19. The summed E-state index contributed by atoms with van der Waals surface area (Å²) in [6, 6.07) is 2.52. The van der Waals surface area contributed by atoms with Crippen LogP contribution in [0.3, 0.4) is 0 Å². The minimum atomic E-state index is -3.85. The van der Waals surface area contributed by atoms with Crippen LogP contribution in [0.25, 0.3) is 0 Å². The molecule has 0 atom stereocenters. The SMILES string of the molecule is COCCOCC(=O)Nc1c(C)cc(S(N)(=O)=O)cc1Cl. The molecule has 0 spiro atoms. The monoisotopic (exact) mass is 336 g/mol. The van der Waals surface area contributed by atoms with Crippen LogP contribution in [0.5, 0.6) is 0 Å². The van der Waals surface area contributed by atoms with Crippen LogP contribution in [0.15, 0.2) is 17.0 Å². The zero-order valence-corrected chi connectivity index (χ0v) is 13.3. The van der Waals surface area contributed by atoms with Gasteiger partial charge in [0.2, 0.25) is 15.9 Å². The Morgan fingerprint density at radius 2 is 2.05 bits per heavy atom. The highest BCUT2D eigenvalue weighted by Crippen LogP contribution is 2.28. The second kappa shape index (κ2) is 7.71. The zero-order valence-electron chi connectivity index (χ0n) is 11.7. The average molecular weight is 337 g/mol. The first kappa shape index (κ1) is 17.9. The maximum Gasteiger partial charge on any atom is 0.250 e. The van der Waals surface area contributed by atoms with Crippen molar-refractivity contribution < 1.29 is 22.7 Å². The predicted molar refractivity (Wildman–Crippen MR) is 78.9 cm³/mol. The molecule has 1 aromatic carbocycles. The molecule has 0 radical (unpaired) electrons. The molecular formula is C12H17ClN2O5S. The number of nitrogens with one attached hydrogen (secondary N) is 1. The first-order chi connectivity index (χ1) is 9.75. The van der Waals surface area contributed by atoms with E-state index in [1.165, 1.54) is 19.2 Å². The van der Waals surface area contributed by atoms with Crippen molar-refractivity contribution in [3.8, 4) is 0 Å². The number of aryl methyl sites for hydroxylation is 1. The third-order valence-corrected chi connectivity index (χ3v) is 3.71. The number of ether oxygens (including phenoxy) is 2. The van der Waals surface area contributed by atoms with Crippen LogP contribution in [0.1, 0.15) is 5.56 Å². The molecule has 1 aromatic rings. The third-order valence-electron chi connectivity index (χ3n) is 2.52. The first-order valence-corrected chi connectivity index (χ1v) is 7.87. The van der Waals surface area contributed by atoms with Crippen LogP contribution in [-0.2, 0) is 24.3 Å². The summed E-state index contributed by atoms with van der Waals surface area (Å²) < 4.78 is 32.4. The Bertz CT molecular complexity index is 595. The van der Waals surface area contributed by atoms with E-state index < -0.39 is 15.9 Å². The minimum absolute atomic E-state index is 0.0873. The fourth-order valence-corrected chi connectivity index (χ4v) is 2.52. The van der Waals surface area contributed by atoms with Crippen molar-refractivity contribution in [2.24, 2.45) is 5.14 Å².